The normalized spacial score (nSPS) is 38.2. The Labute approximate surface area is 95.1 Å². The molecule has 0 radical (unpaired) electrons. The largest absolute Gasteiger partial charge is 0.494 e. The van der Waals surface area contributed by atoms with Crippen molar-refractivity contribution in [3.63, 3.8) is 0 Å². The first-order valence-electron chi connectivity index (χ1n) is 5.31. The summed E-state index contributed by atoms with van der Waals surface area (Å²) < 4.78 is 5.47. The highest BCUT2D eigenvalue weighted by atomic mass is 35.5. The van der Waals surface area contributed by atoms with Crippen LogP contribution in [0.3, 0.4) is 0 Å². The Morgan fingerprint density at radius 1 is 1.67 bits per heavy atom. The Kier molecular flexibility index (Phi) is 2.45. The third-order valence-electron chi connectivity index (χ3n) is 3.37. The fraction of sp³-hybridized carbons (Fsp3) is 0.727. The van der Waals surface area contributed by atoms with Crippen molar-refractivity contribution in [2.24, 2.45) is 5.16 Å². The first-order chi connectivity index (χ1) is 7.07. The predicted octanol–water partition coefficient (Wildman–Crippen LogP) is 2.84. The lowest BCUT2D eigenvalue weighted by Gasteiger charge is -2.33. The van der Waals surface area contributed by atoms with Gasteiger partial charge in [-0.2, -0.15) is 0 Å². The minimum Gasteiger partial charge on any atom is -0.494 e. The molecule has 0 bridgehead atoms. The van der Waals surface area contributed by atoms with Crippen LogP contribution in [0.1, 0.15) is 33.1 Å². The maximum absolute atomic E-state index is 6.61. The van der Waals surface area contributed by atoms with Crippen molar-refractivity contribution in [3.05, 3.63) is 12.3 Å². The number of nitrogens with zero attached hydrogens (tertiary/aromatic N) is 1. The van der Waals surface area contributed by atoms with Crippen molar-refractivity contribution in [1.29, 1.82) is 0 Å². The maximum atomic E-state index is 6.61. The first-order valence-corrected chi connectivity index (χ1v) is 5.69. The zero-order chi connectivity index (χ0) is 11.1. The van der Waals surface area contributed by atoms with E-state index in [0.29, 0.717) is 12.4 Å². The molecule has 0 saturated heterocycles. The molecular formula is C11H16ClNO2. The van der Waals surface area contributed by atoms with E-state index in [1.54, 1.807) is 0 Å². The Hall–Kier alpha value is -0.700. The van der Waals surface area contributed by atoms with E-state index >= 15 is 0 Å². The van der Waals surface area contributed by atoms with Gasteiger partial charge in [0.05, 0.1) is 12.3 Å². The van der Waals surface area contributed by atoms with Gasteiger partial charge in [-0.15, -0.1) is 11.6 Å². The van der Waals surface area contributed by atoms with E-state index in [9.17, 15) is 0 Å². The minimum absolute atomic E-state index is 0.542. The molecule has 2 aliphatic rings. The molecule has 0 spiro atoms. The van der Waals surface area contributed by atoms with E-state index in [0.717, 1.165) is 25.0 Å². The highest BCUT2D eigenvalue weighted by molar-refractivity contribution is 6.37. The van der Waals surface area contributed by atoms with Gasteiger partial charge in [0, 0.05) is 0 Å². The van der Waals surface area contributed by atoms with Crippen LogP contribution in [0.4, 0.5) is 0 Å². The summed E-state index contributed by atoms with van der Waals surface area (Å²) in [4.78, 5) is 4.98. The van der Waals surface area contributed by atoms with E-state index in [1.165, 1.54) is 0 Å². The molecule has 1 saturated carbocycles. The maximum Gasteiger partial charge on any atom is 0.217 e. The average molecular weight is 230 g/mol. The van der Waals surface area contributed by atoms with Crippen LogP contribution in [0.15, 0.2) is 17.5 Å². The molecule has 3 nitrogen and oxygen atoms in total. The van der Waals surface area contributed by atoms with Crippen molar-refractivity contribution < 1.29 is 9.57 Å². The molecule has 1 aliphatic heterocycles. The SMILES string of the molecule is C=C(OCC)C12CCCC1(Cl)C(C)=NO2. The smallest absolute Gasteiger partial charge is 0.217 e. The first kappa shape index (κ1) is 10.8. The highest BCUT2D eigenvalue weighted by Crippen LogP contribution is 2.54. The molecule has 84 valence electrons. The molecule has 15 heavy (non-hydrogen) atoms. The van der Waals surface area contributed by atoms with E-state index in [-0.39, 0.29) is 0 Å². The number of oxime groups is 1. The average Bonchev–Trinajstić information content (AvgIpc) is 2.65. The summed E-state index contributed by atoms with van der Waals surface area (Å²) in [7, 11) is 0. The fourth-order valence-corrected chi connectivity index (χ4v) is 2.90. The molecule has 0 aromatic rings. The lowest BCUT2D eigenvalue weighted by Crippen LogP contribution is -2.48. The van der Waals surface area contributed by atoms with Gasteiger partial charge in [-0.25, -0.2) is 0 Å². The van der Waals surface area contributed by atoms with E-state index in [1.807, 2.05) is 13.8 Å². The summed E-state index contributed by atoms with van der Waals surface area (Å²) in [5.41, 5.74) is 0.205. The third kappa shape index (κ3) is 1.22. The van der Waals surface area contributed by atoms with Crippen molar-refractivity contribution in [1.82, 2.24) is 0 Å². The Morgan fingerprint density at radius 2 is 2.40 bits per heavy atom. The van der Waals surface area contributed by atoms with Gasteiger partial charge in [0.2, 0.25) is 5.60 Å². The van der Waals surface area contributed by atoms with Crippen LogP contribution in [0.25, 0.3) is 0 Å². The second-order valence-electron chi connectivity index (χ2n) is 4.11. The molecule has 2 atom stereocenters. The van der Waals surface area contributed by atoms with Gasteiger partial charge >= 0.3 is 0 Å². The molecule has 0 aromatic carbocycles. The number of fused-ring (bicyclic) bond motifs is 1. The fourth-order valence-electron chi connectivity index (χ4n) is 2.49. The monoisotopic (exact) mass is 229 g/mol. The molecule has 2 unspecified atom stereocenters. The van der Waals surface area contributed by atoms with Crippen LogP contribution in [0.2, 0.25) is 0 Å². The van der Waals surface area contributed by atoms with Gasteiger partial charge in [-0.1, -0.05) is 11.7 Å². The Balaban J connectivity index is 2.32. The van der Waals surface area contributed by atoms with E-state index < -0.39 is 10.5 Å². The summed E-state index contributed by atoms with van der Waals surface area (Å²) >= 11 is 6.61. The quantitative estimate of drug-likeness (QED) is 0.550. The van der Waals surface area contributed by atoms with Crippen molar-refractivity contribution in [3.8, 4) is 0 Å². The van der Waals surface area contributed by atoms with Crippen molar-refractivity contribution in [2.45, 2.75) is 43.6 Å². The molecule has 1 heterocycles. The number of halogens is 1. The Bertz CT molecular complexity index is 329. The van der Waals surface area contributed by atoms with Crippen LogP contribution >= 0.6 is 11.6 Å². The second kappa shape index (κ2) is 3.41. The van der Waals surface area contributed by atoms with Gasteiger partial charge in [0.1, 0.15) is 10.6 Å². The lowest BCUT2D eigenvalue weighted by atomic mass is 9.86. The summed E-state index contributed by atoms with van der Waals surface area (Å²) in [5, 5.41) is 4.01. The molecule has 0 aromatic heterocycles. The van der Waals surface area contributed by atoms with Crippen LogP contribution in [0.5, 0.6) is 0 Å². The van der Waals surface area contributed by atoms with E-state index in [4.69, 9.17) is 21.2 Å². The molecule has 2 rings (SSSR count). The second-order valence-corrected chi connectivity index (χ2v) is 4.75. The lowest BCUT2D eigenvalue weighted by molar-refractivity contribution is -0.0373. The number of alkyl halides is 1. The zero-order valence-corrected chi connectivity index (χ0v) is 9.93. The summed E-state index contributed by atoms with van der Waals surface area (Å²) in [6.07, 6.45) is 2.72. The van der Waals surface area contributed by atoms with E-state index in [2.05, 4.69) is 11.7 Å². The minimum atomic E-state index is -0.630. The number of hydrogen-bond donors (Lipinski definition) is 0. The standard InChI is InChI=1S/C11H16ClNO2/c1-4-14-9(3)11-7-5-6-10(11,12)8(2)13-15-11/h3-7H2,1-2H3. The summed E-state index contributed by atoms with van der Waals surface area (Å²) in [6, 6.07) is 0. The molecule has 0 amide bonds. The zero-order valence-electron chi connectivity index (χ0n) is 9.18. The van der Waals surface area contributed by atoms with Crippen LogP contribution in [-0.2, 0) is 9.57 Å². The molecule has 1 aliphatic carbocycles. The van der Waals surface area contributed by atoms with Crippen LogP contribution < -0.4 is 0 Å². The number of rotatable bonds is 3. The molecule has 1 fully saturated rings. The summed E-state index contributed by atoms with van der Waals surface area (Å²) in [5.74, 6) is 0.609. The van der Waals surface area contributed by atoms with Crippen LogP contribution in [-0.4, -0.2) is 22.8 Å². The highest BCUT2D eigenvalue weighted by Gasteiger charge is 2.64. The number of ether oxygens (including phenoxy) is 1. The van der Waals surface area contributed by atoms with Crippen LogP contribution in [0, 0.1) is 0 Å². The Morgan fingerprint density at radius 3 is 3.07 bits per heavy atom. The predicted molar refractivity (Wildman–Crippen MR) is 60.1 cm³/mol. The topological polar surface area (TPSA) is 30.8 Å². The van der Waals surface area contributed by atoms with Gasteiger partial charge < -0.3 is 9.57 Å². The van der Waals surface area contributed by atoms with Gasteiger partial charge in [-0.05, 0) is 33.1 Å². The van der Waals surface area contributed by atoms with Crippen molar-refractivity contribution >= 4 is 17.3 Å². The molecule has 4 heteroatoms. The number of hydrogen-bond acceptors (Lipinski definition) is 3. The van der Waals surface area contributed by atoms with Gasteiger partial charge in [0.15, 0.2) is 0 Å². The molecule has 0 N–H and O–H groups in total. The molecular weight excluding hydrogens is 214 g/mol. The third-order valence-corrected chi connectivity index (χ3v) is 4.14. The van der Waals surface area contributed by atoms with Crippen molar-refractivity contribution in [2.75, 3.05) is 6.61 Å². The van der Waals surface area contributed by atoms with Gasteiger partial charge in [-0.3, -0.25) is 0 Å². The van der Waals surface area contributed by atoms with Gasteiger partial charge in [0.25, 0.3) is 0 Å². The summed E-state index contributed by atoms with van der Waals surface area (Å²) in [6.45, 7) is 8.34.